The van der Waals surface area contributed by atoms with Crippen molar-refractivity contribution in [1.29, 1.82) is 0 Å². The Bertz CT molecular complexity index is 589. The van der Waals surface area contributed by atoms with Crippen LogP contribution in [0.25, 0.3) is 0 Å². The van der Waals surface area contributed by atoms with Crippen LogP contribution in [0.2, 0.25) is 0 Å². The molecule has 0 bridgehead atoms. The fourth-order valence-electron chi connectivity index (χ4n) is 3.68. The maximum atomic E-state index is 11.9. The molecular weight excluding hydrogens is 280 g/mol. The third kappa shape index (κ3) is 2.53. The van der Waals surface area contributed by atoms with Crippen molar-refractivity contribution in [2.24, 2.45) is 0 Å². The summed E-state index contributed by atoms with van der Waals surface area (Å²) in [6, 6.07) is 6.55. The highest BCUT2D eigenvalue weighted by Crippen LogP contribution is 2.29. The molecule has 0 aromatic heterocycles. The number of nitrogens with one attached hydrogen (secondary N) is 1. The van der Waals surface area contributed by atoms with Gasteiger partial charge in [-0.2, -0.15) is 0 Å². The molecule has 5 heteroatoms. The van der Waals surface area contributed by atoms with Crippen LogP contribution in [0.4, 0.5) is 0 Å². The molecule has 1 unspecified atom stereocenters. The van der Waals surface area contributed by atoms with Crippen LogP contribution in [0.3, 0.4) is 0 Å². The van der Waals surface area contributed by atoms with Gasteiger partial charge in [-0.15, -0.1) is 0 Å². The molecule has 0 spiro atoms. The van der Waals surface area contributed by atoms with Crippen LogP contribution >= 0.6 is 0 Å². The van der Waals surface area contributed by atoms with E-state index in [9.17, 15) is 4.79 Å². The molecule has 4 rings (SSSR count). The first-order valence-electron chi connectivity index (χ1n) is 8.11. The smallest absolute Gasteiger partial charge is 0.338 e. The molecule has 1 N–H and O–H groups in total. The lowest BCUT2D eigenvalue weighted by Gasteiger charge is -2.42. The number of hydrogen-bond acceptors (Lipinski definition) is 5. The van der Waals surface area contributed by atoms with Crippen LogP contribution in [0.5, 0.6) is 0 Å². The number of hydrogen-bond donors (Lipinski definition) is 1. The molecule has 1 aromatic carbocycles. The molecule has 5 nitrogen and oxygen atoms in total. The van der Waals surface area contributed by atoms with E-state index in [-0.39, 0.29) is 18.2 Å². The van der Waals surface area contributed by atoms with E-state index in [1.807, 2.05) is 19.1 Å². The van der Waals surface area contributed by atoms with Gasteiger partial charge in [0, 0.05) is 38.6 Å². The van der Waals surface area contributed by atoms with Crippen LogP contribution in [-0.4, -0.2) is 55.8 Å². The average Bonchev–Trinajstić information content (AvgIpc) is 2.53. The number of cyclic esters (lactones) is 1. The van der Waals surface area contributed by atoms with Crippen LogP contribution in [-0.2, 0) is 15.9 Å². The molecule has 3 atom stereocenters. The number of piperazine rings is 1. The van der Waals surface area contributed by atoms with Gasteiger partial charge in [-0.1, -0.05) is 12.1 Å². The number of rotatable bonds is 1. The molecule has 22 heavy (non-hydrogen) atoms. The first-order chi connectivity index (χ1) is 10.7. The summed E-state index contributed by atoms with van der Waals surface area (Å²) < 4.78 is 11.4. The summed E-state index contributed by atoms with van der Waals surface area (Å²) in [4.78, 5) is 14.4. The number of benzene rings is 1. The fourth-order valence-corrected chi connectivity index (χ4v) is 3.68. The lowest BCUT2D eigenvalue weighted by Crippen LogP contribution is -2.57. The zero-order valence-corrected chi connectivity index (χ0v) is 12.9. The molecule has 3 aliphatic rings. The second-order valence-corrected chi connectivity index (χ2v) is 6.51. The van der Waals surface area contributed by atoms with Gasteiger partial charge >= 0.3 is 5.97 Å². The molecular formula is C17H22N2O3. The summed E-state index contributed by atoms with van der Waals surface area (Å²) >= 11 is 0. The summed E-state index contributed by atoms with van der Waals surface area (Å²) in [6.45, 7) is 6.80. The van der Waals surface area contributed by atoms with Crippen LogP contribution in [0.15, 0.2) is 18.2 Å². The Hall–Kier alpha value is -1.43. The molecule has 1 aromatic rings. The van der Waals surface area contributed by atoms with Crippen LogP contribution < -0.4 is 5.32 Å². The molecule has 2 saturated heterocycles. The molecule has 0 saturated carbocycles. The van der Waals surface area contributed by atoms with E-state index in [1.165, 1.54) is 5.56 Å². The summed E-state index contributed by atoms with van der Waals surface area (Å²) in [5.74, 6) is -0.202. The predicted octanol–water partition coefficient (Wildman–Crippen LogP) is 1.13. The maximum Gasteiger partial charge on any atom is 0.338 e. The molecule has 118 valence electrons. The van der Waals surface area contributed by atoms with Crippen molar-refractivity contribution in [3.8, 4) is 0 Å². The Balaban J connectivity index is 1.56. The lowest BCUT2D eigenvalue weighted by molar-refractivity contribution is -0.0718. The molecule has 0 amide bonds. The number of morpholine rings is 1. The van der Waals surface area contributed by atoms with Crippen LogP contribution in [0.1, 0.15) is 34.5 Å². The maximum absolute atomic E-state index is 11.9. The van der Waals surface area contributed by atoms with Crippen LogP contribution in [0, 0.1) is 0 Å². The highest BCUT2D eigenvalue weighted by molar-refractivity contribution is 5.92. The van der Waals surface area contributed by atoms with Crippen molar-refractivity contribution in [2.45, 2.75) is 31.6 Å². The minimum Gasteiger partial charge on any atom is -0.459 e. The summed E-state index contributed by atoms with van der Waals surface area (Å²) in [7, 11) is 0. The van der Waals surface area contributed by atoms with E-state index in [0.29, 0.717) is 11.6 Å². The zero-order chi connectivity index (χ0) is 15.1. The first kappa shape index (κ1) is 14.2. The summed E-state index contributed by atoms with van der Waals surface area (Å²) in [6.07, 6.45) is 0.853. The molecule has 3 aliphatic heterocycles. The number of esters is 1. The van der Waals surface area contributed by atoms with Crippen molar-refractivity contribution in [1.82, 2.24) is 10.2 Å². The molecule has 0 radical (unpaired) electrons. The van der Waals surface area contributed by atoms with E-state index in [2.05, 4.69) is 16.3 Å². The Kier molecular flexibility index (Phi) is 3.64. The Morgan fingerprint density at radius 3 is 3.18 bits per heavy atom. The minimum absolute atomic E-state index is 0.0416. The standard InChI is InChI=1S/C17H22N2O3/c1-11-6-13-7-12(2-3-15(13)17(20)22-11)16-9-19-5-4-18-8-14(19)10-21-16/h2-3,7,11,14,16,18H,4-6,8-10H2,1H3/t11?,14-,16-/m0/s1. The third-order valence-electron chi connectivity index (χ3n) is 4.90. The van der Waals surface area contributed by atoms with E-state index >= 15 is 0 Å². The number of carbonyl (C=O) groups excluding carboxylic acids is 1. The monoisotopic (exact) mass is 302 g/mol. The van der Waals surface area contributed by atoms with Crippen molar-refractivity contribution < 1.29 is 14.3 Å². The van der Waals surface area contributed by atoms with Gasteiger partial charge in [-0.3, -0.25) is 4.90 Å². The summed E-state index contributed by atoms with van der Waals surface area (Å²) in [5, 5.41) is 3.42. The molecule has 3 heterocycles. The topological polar surface area (TPSA) is 50.8 Å². The van der Waals surface area contributed by atoms with E-state index in [4.69, 9.17) is 9.47 Å². The normalized spacial score (nSPS) is 32.0. The second-order valence-electron chi connectivity index (χ2n) is 6.51. The third-order valence-corrected chi connectivity index (χ3v) is 4.90. The van der Waals surface area contributed by atoms with E-state index in [0.717, 1.165) is 44.8 Å². The highest BCUT2D eigenvalue weighted by atomic mass is 16.5. The highest BCUT2D eigenvalue weighted by Gasteiger charge is 2.32. The minimum atomic E-state index is -0.202. The van der Waals surface area contributed by atoms with Gasteiger partial charge in [0.25, 0.3) is 0 Å². The van der Waals surface area contributed by atoms with Gasteiger partial charge in [0.2, 0.25) is 0 Å². The van der Waals surface area contributed by atoms with Gasteiger partial charge in [-0.25, -0.2) is 4.79 Å². The van der Waals surface area contributed by atoms with E-state index < -0.39 is 0 Å². The molecule has 2 fully saturated rings. The second kappa shape index (κ2) is 5.65. The zero-order valence-electron chi connectivity index (χ0n) is 12.9. The number of carbonyl (C=O) groups is 1. The Morgan fingerprint density at radius 1 is 1.36 bits per heavy atom. The lowest BCUT2D eigenvalue weighted by atomic mass is 9.94. The van der Waals surface area contributed by atoms with Gasteiger partial charge in [-0.05, 0) is 24.1 Å². The van der Waals surface area contributed by atoms with Crippen molar-refractivity contribution in [3.63, 3.8) is 0 Å². The average molecular weight is 302 g/mol. The van der Waals surface area contributed by atoms with Crippen molar-refractivity contribution in [2.75, 3.05) is 32.8 Å². The van der Waals surface area contributed by atoms with Crippen molar-refractivity contribution in [3.05, 3.63) is 34.9 Å². The summed E-state index contributed by atoms with van der Waals surface area (Å²) in [5.41, 5.74) is 2.97. The Morgan fingerprint density at radius 2 is 2.27 bits per heavy atom. The van der Waals surface area contributed by atoms with Gasteiger partial charge in [0.15, 0.2) is 0 Å². The SMILES string of the molecule is CC1Cc2cc([C@@H]3CN4CCNC[C@H]4CO3)ccc2C(=O)O1. The van der Waals surface area contributed by atoms with Crippen molar-refractivity contribution >= 4 is 5.97 Å². The largest absolute Gasteiger partial charge is 0.459 e. The number of nitrogens with zero attached hydrogens (tertiary/aromatic N) is 1. The number of fused-ring (bicyclic) bond motifs is 2. The van der Waals surface area contributed by atoms with Gasteiger partial charge < -0.3 is 14.8 Å². The van der Waals surface area contributed by atoms with Gasteiger partial charge in [0.1, 0.15) is 6.10 Å². The quantitative estimate of drug-likeness (QED) is 0.788. The predicted molar refractivity (Wildman–Crippen MR) is 81.9 cm³/mol. The first-order valence-corrected chi connectivity index (χ1v) is 8.11. The molecule has 0 aliphatic carbocycles. The number of ether oxygens (including phenoxy) is 2. The Labute approximate surface area is 130 Å². The fraction of sp³-hybridized carbons (Fsp3) is 0.588. The van der Waals surface area contributed by atoms with E-state index in [1.54, 1.807) is 0 Å². The van der Waals surface area contributed by atoms with Gasteiger partial charge in [0.05, 0.1) is 18.3 Å².